The molecule has 3 heteroatoms. The maximum absolute atomic E-state index is 5.90. The van der Waals surface area contributed by atoms with E-state index in [4.69, 9.17) is 11.6 Å². The maximum Gasteiger partial charge on any atom is 0.132 e. The number of hydrogen-bond donors (Lipinski definition) is 0. The molecule has 0 bridgehead atoms. The van der Waals surface area contributed by atoms with Crippen molar-refractivity contribution >= 4 is 17.4 Å². The summed E-state index contributed by atoms with van der Waals surface area (Å²) in [5, 5.41) is 0. The Morgan fingerprint density at radius 3 is 2.60 bits per heavy atom. The SMILES string of the molecule is CCC(CC)N(C)c1ncccc1CCl. The predicted molar refractivity (Wildman–Crippen MR) is 66.6 cm³/mol. The minimum atomic E-state index is 0.521. The van der Waals surface area contributed by atoms with Crippen LogP contribution in [0.1, 0.15) is 32.3 Å². The van der Waals surface area contributed by atoms with Gasteiger partial charge < -0.3 is 4.90 Å². The molecule has 0 spiro atoms. The van der Waals surface area contributed by atoms with Crippen molar-refractivity contribution in [3.05, 3.63) is 23.9 Å². The molecule has 2 nitrogen and oxygen atoms in total. The van der Waals surface area contributed by atoms with E-state index in [1.54, 1.807) is 0 Å². The lowest BCUT2D eigenvalue weighted by Crippen LogP contribution is -2.31. The van der Waals surface area contributed by atoms with Gasteiger partial charge in [0.25, 0.3) is 0 Å². The number of alkyl halides is 1. The zero-order valence-corrected chi connectivity index (χ0v) is 10.5. The lowest BCUT2D eigenvalue weighted by atomic mass is 10.1. The summed E-state index contributed by atoms with van der Waals surface area (Å²) in [7, 11) is 2.09. The lowest BCUT2D eigenvalue weighted by molar-refractivity contribution is 0.585. The Labute approximate surface area is 97.3 Å². The van der Waals surface area contributed by atoms with Crippen LogP contribution in [0, 0.1) is 0 Å². The van der Waals surface area contributed by atoms with Gasteiger partial charge in [-0.1, -0.05) is 19.9 Å². The fourth-order valence-corrected chi connectivity index (χ4v) is 2.07. The van der Waals surface area contributed by atoms with Gasteiger partial charge in [-0.3, -0.25) is 0 Å². The van der Waals surface area contributed by atoms with Crippen molar-refractivity contribution in [3.8, 4) is 0 Å². The number of halogens is 1. The third-order valence-corrected chi connectivity index (χ3v) is 3.12. The highest BCUT2D eigenvalue weighted by molar-refractivity contribution is 6.17. The van der Waals surface area contributed by atoms with Crippen LogP contribution >= 0.6 is 11.6 Å². The molecule has 0 atom stereocenters. The number of rotatable bonds is 5. The van der Waals surface area contributed by atoms with Crippen molar-refractivity contribution < 1.29 is 0 Å². The normalized spacial score (nSPS) is 10.7. The van der Waals surface area contributed by atoms with Crippen molar-refractivity contribution in [1.29, 1.82) is 0 Å². The molecule has 1 aromatic rings. The van der Waals surface area contributed by atoms with Gasteiger partial charge in [0.15, 0.2) is 0 Å². The Bertz CT molecular complexity index is 297. The van der Waals surface area contributed by atoms with Gasteiger partial charge in [-0.15, -0.1) is 11.6 Å². The summed E-state index contributed by atoms with van der Waals surface area (Å²) >= 11 is 5.90. The first kappa shape index (κ1) is 12.3. The van der Waals surface area contributed by atoms with Gasteiger partial charge in [-0.25, -0.2) is 4.98 Å². The van der Waals surface area contributed by atoms with Crippen LogP contribution in [0.4, 0.5) is 5.82 Å². The van der Waals surface area contributed by atoms with E-state index in [2.05, 4.69) is 30.8 Å². The van der Waals surface area contributed by atoms with Crippen molar-refractivity contribution in [2.45, 2.75) is 38.6 Å². The molecule has 0 aromatic carbocycles. The summed E-state index contributed by atoms with van der Waals surface area (Å²) in [6, 6.07) is 4.51. The van der Waals surface area contributed by atoms with Crippen molar-refractivity contribution in [3.63, 3.8) is 0 Å². The number of aromatic nitrogens is 1. The standard InChI is InChI=1S/C12H19ClN2/c1-4-11(5-2)15(3)12-10(9-13)7-6-8-14-12/h6-8,11H,4-5,9H2,1-3H3. The molecule has 15 heavy (non-hydrogen) atoms. The number of anilines is 1. The highest BCUT2D eigenvalue weighted by Crippen LogP contribution is 2.21. The average Bonchev–Trinajstić information content (AvgIpc) is 2.30. The fourth-order valence-electron chi connectivity index (χ4n) is 1.86. The molecular formula is C12H19ClN2. The Morgan fingerprint density at radius 1 is 1.40 bits per heavy atom. The van der Waals surface area contributed by atoms with E-state index in [9.17, 15) is 0 Å². The number of hydrogen-bond acceptors (Lipinski definition) is 2. The highest BCUT2D eigenvalue weighted by atomic mass is 35.5. The topological polar surface area (TPSA) is 16.1 Å². The van der Waals surface area contributed by atoms with E-state index in [0.29, 0.717) is 11.9 Å². The molecule has 0 aliphatic carbocycles. The van der Waals surface area contributed by atoms with E-state index in [-0.39, 0.29) is 0 Å². The Balaban J connectivity index is 2.93. The zero-order valence-electron chi connectivity index (χ0n) is 9.70. The van der Waals surface area contributed by atoms with E-state index < -0.39 is 0 Å². The molecule has 1 heterocycles. The summed E-state index contributed by atoms with van der Waals surface area (Å²) < 4.78 is 0. The quantitative estimate of drug-likeness (QED) is 0.715. The lowest BCUT2D eigenvalue weighted by Gasteiger charge is -2.28. The number of nitrogens with zero attached hydrogens (tertiary/aromatic N) is 2. The second-order valence-electron chi connectivity index (χ2n) is 3.70. The van der Waals surface area contributed by atoms with Gasteiger partial charge >= 0.3 is 0 Å². The summed E-state index contributed by atoms with van der Waals surface area (Å²) in [5.74, 6) is 1.54. The molecule has 0 fully saturated rings. The van der Waals surface area contributed by atoms with Gasteiger partial charge in [0.2, 0.25) is 0 Å². The monoisotopic (exact) mass is 226 g/mol. The molecule has 0 amide bonds. The van der Waals surface area contributed by atoms with Crippen LogP contribution in [0.3, 0.4) is 0 Å². The first-order valence-electron chi connectivity index (χ1n) is 5.47. The first-order chi connectivity index (χ1) is 7.24. The third kappa shape index (κ3) is 2.85. The maximum atomic E-state index is 5.90. The fraction of sp³-hybridized carbons (Fsp3) is 0.583. The Hall–Kier alpha value is -0.760. The summed E-state index contributed by atoms with van der Waals surface area (Å²) in [5.41, 5.74) is 1.11. The average molecular weight is 227 g/mol. The van der Waals surface area contributed by atoms with Gasteiger partial charge in [0.05, 0.1) is 5.88 Å². The highest BCUT2D eigenvalue weighted by Gasteiger charge is 2.14. The first-order valence-corrected chi connectivity index (χ1v) is 6.00. The molecular weight excluding hydrogens is 208 g/mol. The van der Waals surface area contributed by atoms with E-state index in [1.807, 2.05) is 18.3 Å². The molecule has 0 aliphatic heterocycles. The molecule has 0 radical (unpaired) electrons. The van der Waals surface area contributed by atoms with E-state index in [1.165, 1.54) is 0 Å². The summed E-state index contributed by atoms with van der Waals surface area (Å²) in [6.45, 7) is 4.40. The van der Waals surface area contributed by atoms with E-state index in [0.717, 1.165) is 24.2 Å². The summed E-state index contributed by atoms with van der Waals surface area (Å²) in [4.78, 5) is 6.64. The molecule has 0 aliphatic rings. The second kappa shape index (κ2) is 5.96. The summed E-state index contributed by atoms with van der Waals surface area (Å²) in [6.07, 6.45) is 4.08. The molecule has 0 saturated carbocycles. The van der Waals surface area contributed by atoms with Crippen LogP contribution < -0.4 is 4.90 Å². The van der Waals surface area contributed by atoms with Crippen LogP contribution in [-0.2, 0) is 5.88 Å². The van der Waals surface area contributed by atoms with Crippen molar-refractivity contribution in [2.24, 2.45) is 0 Å². The van der Waals surface area contributed by atoms with E-state index >= 15 is 0 Å². The van der Waals surface area contributed by atoms with Crippen molar-refractivity contribution in [2.75, 3.05) is 11.9 Å². The van der Waals surface area contributed by atoms with Gasteiger partial charge in [-0.05, 0) is 18.9 Å². The second-order valence-corrected chi connectivity index (χ2v) is 3.97. The van der Waals surface area contributed by atoms with Crippen LogP contribution in [0.25, 0.3) is 0 Å². The van der Waals surface area contributed by atoms with Crippen LogP contribution in [0.2, 0.25) is 0 Å². The third-order valence-electron chi connectivity index (χ3n) is 2.84. The van der Waals surface area contributed by atoms with Crippen LogP contribution in [0.15, 0.2) is 18.3 Å². The zero-order chi connectivity index (χ0) is 11.3. The molecule has 0 unspecified atom stereocenters. The van der Waals surface area contributed by atoms with Crippen LogP contribution in [0.5, 0.6) is 0 Å². The van der Waals surface area contributed by atoms with Crippen LogP contribution in [-0.4, -0.2) is 18.1 Å². The minimum Gasteiger partial charge on any atom is -0.356 e. The van der Waals surface area contributed by atoms with Gasteiger partial charge in [0, 0.05) is 24.8 Å². The molecule has 84 valence electrons. The predicted octanol–water partition coefficient (Wildman–Crippen LogP) is 3.45. The number of pyridine rings is 1. The van der Waals surface area contributed by atoms with Gasteiger partial charge in [0.1, 0.15) is 5.82 Å². The molecule has 1 rings (SSSR count). The van der Waals surface area contributed by atoms with Gasteiger partial charge in [-0.2, -0.15) is 0 Å². The molecule has 0 saturated heterocycles. The Morgan fingerprint density at radius 2 is 2.07 bits per heavy atom. The van der Waals surface area contributed by atoms with Crippen molar-refractivity contribution in [1.82, 2.24) is 4.98 Å². The Kier molecular flexibility index (Phi) is 4.89. The largest absolute Gasteiger partial charge is 0.356 e. The molecule has 0 N–H and O–H groups in total. The minimum absolute atomic E-state index is 0.521. The smallest absolute Gasteiger partial charge is 0.132 e. The molecule has 1 aromatic heterocycles.